The van der Waals surface area contributed by atoms with Crippen LogP contribution < -0.4 is 10.2 Å². The molecule has 1 aromatic carbocycles. The third kappa shape index (κ3) is 3.61. The molecule has 4 aromatic rings. The van der Waals surface area contributed by atoms with Gasteiger partial charge in [-0.25, -0.2) is 9.97 Å². The number of H-pyrrole nitrogens is 1. The van der Waals surface area contributed by atoms with Gasteiger partial charge >= 0.3 is 0 Å². The second kappa shape index (κ2) is 8.06. The number of likely N-dealkylation sites (tertiary alicyclic amines) is 1. The first-order valence-corrected chi connectivity index (χ1v) is 12.8. The molecule has 0 saturated carbocycles. The lowest BCUT2D eigenvalue weighted by atomic mass is 10.1. The number of hydrogen-bond donors (Lipinski definition) is 2. The first-order chi connectivity index (χ1) is 16.3. The standard InChI is InChI=1S/C25H28N6OS/c1-2-20(19-6-7-26-21(19)3-1)24-28-22-12-18(15-30-13-16-4-5-17(14-30)27-16)33-23(22)25(29-24)31-8-10-32-11-9-31/h1-3,6-7,12,16-17,26-27H,4-5,8-11,13-15H2. The molecule has 8 heteroatoms. The zero-order chi connectivity index (χ0) is 21.8. The van der Waals surface area contributed by atoms with Crippen molar-refractivity contribution in [2.24, 2.45) is 0 Å². The third-order valence-corrected chi connectivity index (χ3v) is 8.33. The van der Waals surface area contributed by atoms with Crippen molar-refractivity contribution in [1.82, 2.24) is 25.2 Å². The minimum absolute atomic E-state index is 0.662. The van der Waals surface area contributed by atoms with Gasteiger partial charge in [0.1, 0.15) is 0 Å². The van der Waals surface area contributed by atoms with E-state index in [1.165, 1.54) is 22.4 Å². The summed E-state index contributed by atoms with van der Waals surface area (Å²) in [5, 5.41) is 4.90. The molecule has 3 saturated heterocycles. The van der Waals surface area contributed by atoms with Crippen LogP contribution in [0.3, 0.4) is 0 Å². The average Bonchev–Trinajstić information content (AvgIpc) is 3.56. The molecule has 2 atom stereocenters. The Morgan fingerprint density at radius 1 is 1.06 bits per heavy atom. The summed E-state index contributed by atoms with van der Waals surface area (Å²) in [5.74, 6) is 1.86. The van der Waals surface area contributed by atoms with Crippen molar-refractivity contribution in [3.05, 3.63) is 41.4 Å². The summed E-state index contributed by atoms with van der Waals surface area (Å²) < 4.78 is 6.83. The summed E-state index contributed by atoms with van der Waals surface area (Å²) in [6, 6.07) is 12.0. The lowest BCUT2D eigenvalue weighted by molar-refractivity contribution is 0.122. The first-order valence-electron chi connectivity index (χ1n) is 12.0. The highest BCUT2D eigenvalue weighted by molar-refractivity contribution is 7.19. The summed E-state index contributed by atoms with van der Waals surface area (Å²) in [5.41, 5.74) is 3.26. The van der Waals surface area contributed by atoms with E-state index in [0.29, 0.717) is 12.1 Å². The van der Waals surface area contributed by atoms with Crippen LogP contribution in [0.1, 0.15) is 17.7 Å². The molecule has 7 rings (SSSR count). The molecule has 7 nitrogen and oxygen atoms in total. The molecule has 0 aliphatic carbocycles. The maximum Gasteiger partial charge on any atom is 0.162 e. The second-order valence-electron chi connectivity index (χ2n) is 9.47. The highest BCUT2D eigenvalue weighted by Crippen LogP contribution is 2.36. The van der Waals surface area contributed by atoms with Gasteiger partial charge in [0, 0.05) is 72.3 Å². The Bertz CT molecular complexity index is 1300. The quantitative estimate of drug-likeness (QED) is 0.485. The van der Waals surface area contributed by atoms with E-state index in [2.05, 4.69) is 50.4 Å². The minimum atomic E-state index is 0.662. The molecule has 3 aromatic heterocycles. The minimum Gasteiger partial charge on any atom is -0.378 e. The predicted molar refractivity (Wildman–Crippen MR) is 133 cm³/mol. The van der Waals surface area contributed by atoms with E-state index in [0.717, 1.165) is 79.6 Å². The Morgan fingerprint density at radius 3 is 2.76 bits per heavy atom. The molecule has 0 radical (unpaired) electrons. The Balaban J connectivity index is 1.31. The number of anilines is 1. The van der Waals surface area contributed by atoms with Crippen molar-refractivity contribution >= 4 is 38.3 Å². The number of nitrogens with zero attached hydrogens (tertiary/aromatic N) is 4. The van der Waals surface area contributed by atoms with Crippen molar-refractivity contribution in [1.29, 1.82) is 0 Å². The first kappa shape index (κ1) is 19.9. The molecule has 2 bridgehead atoms. The molecular formula is C25H28N6OS. The number of thiophene rings is 1. The third-order valence-electron chi connectivity index (χ3n) is 7.22. The fourth-order valence-electron chi connectivity index (χ4n) is 5.67. The van der Waals surface area contributed by atoms with Crippen LogP contribution in [0.15, 0.2) is 36.5 Å². The number of rotatable bonds is 4. The molecule has 3 fully saturated rings. The zero-order valence-electron chi connectivity index (χ0n) is 18.6. The number of morpholine rings is 1. The van der Waals surface area contributed by atoms with E-state index in [1.54, 1.807) is 0 Å². The van der Waals surface area contributed by atoms with E-state index in [4.69, 9.17) is 14.7 Å². The topological polar surface area (TPSA) is 69.3 Å². The van der Waals surface area contributed by atoms with Crippen molar-refractivity contribution in [2.75, 3.05) is 44.3 Å². The van der Waals surface area contributed by atoms with E-state index < -0.39 is 0 Å². The van der Waals surface area contributed by atoms with E-state index in [9.17, 15) is 0 Å². The Kier molecular flexibility index (Phi) is 4.86. The Morgan fingerprint density at radius 2 is 1.91 bits per heavy atom. The van der Waals surface area contributed by atoms with Crippen molar-refractivity contribution in [3.8, 4) is 11.4 Å². The van der Waals surface area contributed by atoms with Gasteiger partial charge in [0.05, 0.1) is 23.4 Å². The summed E-state index contributed by atoms with van der Waals surface area (Å²) in [4.78, 5) is 19.9. The van der Waals surface area contributed by atoms with Crippen molar-refractivity contribution in [2.45, 2.75) is 31.5 Å². The van der Waals surface area contributed by atoms with Gasteiger partial charge in [0.15, 0.2) is 11.6 Å². The maximum atomic E-state index is 5.63. The van der Waals surface area contributed by atoms with Crippen LogP contribution >= 0.6 is 11.3 Å². The van der Waals surface area contributed by atoms with E-state index >= 15 is 0 Å². The van der Waals surface area contributed by atoms with Gasteiger partial charge in [-0.1, -0.05) is 12.1 Å². The number of nitrogens with one attached hydrogen (secondary N) is 2. The molecule has 170 valence electrons. The van der Waals surface area contributed by atoms with Crippen molar-refractivity contribution < 1.29 is 4.74 Å². The smallest absolute Gasteiger partial charge is 0.162 e. The lowest BCUT2D eigenvalue weighted by Crippen LogP contribution is -2.50. The molecule has 2 unspecified atom stereocenters. The van der Waals surface area contributed by atoms with E-state index in [-0.39, 0.29) is 0 Å². The largest absolute Gasteiger partial charge is 0.378 e. The molecule has 3 aliphatic heterocycles. The molecule has 2 N–H and O–H groups in total. The van der Waals surface area contributed by atoms with Gasteiger partial charge < -0.3 is 19.9 Å². The van der Waals surface area contributed by atoms with Crippen LogP contribution in [0.4, 0.5) is 5.82 Å². The molecular weight excluding hydrogens is 432 g/mol. The lowest BCUT2D eigenvalue weighted by Gasteiger charge is -2.32. The van der Waals surface area contributed by atoms with Gasteiger partial charge in [-0.2, -0.15) is 0 Å². The van der Waals surface area contributed by atoms with Gasteiger partial charge in [-0.05, 0) is 31.0 Å². The van der Waals surface area contributed by atoms with Crippen LogP contribution in [-0.4, -0.2) is 71.3 Å². The number of aromatic nitrogens is 3. The summed E-state index contributed by atoms with van der Waals surface area (Å²) in [6.45, 7) is 6.52. The molecule has 33 heavy (non-hydrogen) atoms. The maximum absolute atomic E-state index is 5.63. The van der Waals surface area contributed by atoms with Crippen LogP contribution in [-0.2, 0) is 11.3 Å². The van der Waals surface area contributed by atoms with Gasteiger partial charge in [0.25, 0.3) is 0 Å². The number of ether oxygens (including phenoxy) is 1. The highest BCUT2D eigenvalue weighted by Gasteiger charge is 2.32. The fourth-order valence-corrected chi connectivity index (χ4v) is 6.83. The number of benzene rings is 1. The predicted octanol–water partition coefficient (Wildman–Crippen LogP) is 3.61. The summed E-state index contributed by atoms with van der Waals surface area (Å²) in [7, 11) is 0. The summed E-state index contributed by atoms with van der Waals surface area (Å²) in [6.07, 6.45) is 4.61. The SMILES string of the molecule is c1cc(-c2nc(N3CCOCC3)c3sc(CN4CC5CCC(C4)N5)cc3n2)c2cc[nH]c2c1. The number of piperazine rings is 1. The van der Waals surface area contributed by atoms with Crippen LogP contribution in [0, 0.1) is 0 Å². The number of aromatic amines is 1. The number of hydrogen-bond acceptors (Lipinski definition) is 7. The Hall–Kier alpha value is -2.52. The molecule has 3 aliphatic rings. The van der Waals surface area contributed by atoms with Crippen LogP contribution in [0.2, 0.25) is 0 Å². The van der Waals surface area contributed by atoms with Gasteiger partial charge in [-0.15, -0.1) is 11.3 Å². The van der Waals surface area contributed by atoms with Crippen LogP contribution in [0.25, 0.3) is 32.5 Å². The fraction of sp³-hybridized carbons (Fsp3) is 0.440. The monoisotopic (exact) mass is 460 g/mol. The normalized spacial score (nSPS) is 23.7. The second-order valence-corrected chi connectivity index (χ2v) is 10.6. The highest BCUT2D eigenvalue weighted by atomic mass is 32.1. The van der Waals surface area contributed by atoms with E-state index in [1.807, 2.05) is 17.5 Å². The summed E-state index contributed by atoms with van der Waals surface area (Å²) >= 11 is 1.87. The van der Waals surface area contributed by atoms with Crippen molar-refractivity contribution in [3.63, 3.8) is 0 Å². The number of fused-ring (bicyclic) bond motifs is 4. The average molecular weight is 461 g/mol. The Labute approximate surface area is 196 Å². The van der Waals surface area contributed by atoms with Gasteiger partial charge in [-0.3, -0.25) is 4.90 Å². The van der Waals surface area contributed by atoms with Crippen LogP contribution in [0.5, 0.6) is 0 Å². The molecule has 0 spiro atoms. The molecule has 6 heterocycles. The van der Waals surface area contributed by atoms with Gasteiger partial charge in [0.2, 0.25) is 0 Å². The zero-order valence-corrected chi connectivity index (χ0v) is 19.4. The molecule has 0 amide bonds.